The summed E-state index contributed by atoms with van der Waals surface area (Å²) in [7, 11) is -0.0564. The van der Waals surface area contributed by atoms with Crippen molar-refractivity contribution in [2.75, 3.05) is 0 Å². The van der Waals surface area contributed by atoms with Crippen LogP contribution in [0.4, 0.5) is 0 Å². The monoisotopic (exact) mass is 224 g/mol. The van der Waals surface area contributed by atoms with Gasteiger partial charge in [-0.2, -0.15) is 0 Å². The zero-order valence-electron chi connectivity index (χ0n) is 8.93. The van der Waals surface area contributed by atoms with Crippen molar-refractivity contribution in [2.24, 2.45) is 0 Å². The van der Waals surface area contributed by atoms with Crippen molar-refractivity contribution in [1.29, 1.82) is 0 Å². The van der Waals surface area contributed by atoms with Crippen LogP contribution < -0.4 is 56.5 Å². The molecule has 0 heterocycles. The summed E-state index contributed by atoms with van der Waals surface area (Å²) in [6.07, 6.45) is 2.05. The molecular formula is C9H17KO2Si. The Morgan fingerprint density at radius 2 is 2.00 bits per heavy atom. The number of carbonyl (C=O) groups is 1. The molecule has 0 aliphatic rings. The predicted molar refractivity (Wildman–Crippen MR) is 51.6 cm³/mol. The van der Waals surface area contributed by atoms with Gasteiger partial charge in [0.25, 0.3) is 0 Å². The summed E-state index contributed by atoms with van der Waals surface area (Å²) in [5, 5.41) is 10.0. The maximum atomic E-state index is 10.0. The van der Waals surface area contributed by atoms with E-state index in [4.69, 9.17) is 0 Å². The molecule has 4 heteroatoms. The Bertz CT molecular complexity index is 165. The number of rotatable bonds is 6. The van der Waals surface area contributed by atoms with E-state index in [1.54, 1.807) is 0 Å². The normalized spacial score (nSPS) is 9.69. The molecule has 0 radical (unpaired) electrons. The molecule has 0 atom stereocenters. The van der Waals surface area contributed by atoms with Gasteiger partial charge in [0, 0.05) is 15.5 Å². The fourth-order valence-electron chi connectivity index (χ4n) is 0.981. The van der Waals surface area contributed by atoms with Crippen molar-refractivity contribution in [3.05, 3.63) is 11.3 Å². The molecule has 0 saturated carbocycles. The van der Waals surface area contributed by atoms with E-state index in [1.807, 2.05) is 0 Å². The van der Waals surface area contributed by atoms with E-state index in [2.05, 4.69) is 19.5 Å². The summed E-state index contributed by atoms with van der Waals surface area (Å²) in [5.74, 6) is -0.918. The molecule has 0 aromatic carbocycles. The summed E-state index contributed by atoms with van der Waals surface area (Å²) in [5.41, 5.74) is 3.71. The quantitative estimate of drug-likeness (QED) is 0.367. The van der Waals surface area contributed by atoms with E-state index in [1.165, 1.54) is 11.6 Å². The SMILES string of the molecule is CC(C)=C[SiH2]CCCCC(=O)[O-].[K+]. The largest absolute Gasteiger partial charge is 1.00 e. The first-order valence-electron chi connectivity index (χ1n) is 4.46. The van der Waals surface area contributed by atoms with Gasteiger partial charge in [0.1, 0.15) is 0 Å². The van der Waals surface area contributed by atoms with E-state index >= 15 is 0 Å². The number of aliphatic carboxylic acids is 1. The van der Waals surface area contributed by atoms with Gasteiger partial charge in [-0.25, -0.2) is 0 Å². The second-order valence-corrected chi connectivity index (χ2v) is 4.95. The standard InChI is InChI=1S/C9H18O2Si.K/c1-8(2)7-12-6-4-3-5-9(10)11;/h7H,3-6,12H2,1-2H3,(H,10,11);/q;+1/p-1. The van der Waals surface area contributed by atoms with Gasteiger partial charge in [0.2, 0.25) is 0 Å². The van der Waals surface area contributed by atoms with Crippen molar-refractivity contribution in [3.63, 3.8) is 0 Å². The minimum Gasteiger partial charge on any atom is -0.550 e. The van der Waals surface area contributed by atoms with Crippen LogP contribution in [0.25, 0.3) is 0 Å². The summed E-state index contributed by atoms with van der Waals surface area (Å²) in [6.45, 7) is 4.21. The number of hydrogen-bond donors (Lipinski definition) is 0. The Balaban J connectivity index is 0. The molecule has 0 unspecified atom stereocenters. The van der Waals surface area contributed by atoms with Crippen molar-refractivity contribution in [1.82, 2.24) is 0 Å². The average molecular weight is 224 g/mol. The molecule has 0 aromatic heterocycles. The van der Waals surface area contributed by atoms with E-state index in [9.17, 15) is 9.90 Å². The number of unbranched alkanes of at least 4 members (excludes halogenated alkanes) is 1. The smallest absolute Gasteiger partial charge is 0.550 e. The third-order valence-electron chi connectivity index (χ3n) is 1.64. The van der Waals surface area contributed by atoms with Crippen LogP contribution in [0, 0.1) is 0 Å². The first-order chi connectivity index (χ1) is 5.63. The van der Waals surface area contributed by atoms with Crippen LogP contribution in [0.15, 0.2) is 11.3 Å². The van der Waals surface area contributed by atoms with Gasteiger partial charge < -0.3 is 9.90 Å². The first-order valence-corrected chi connectivity index (χ1v) is 6.28. The fourth-order valence-corrected chi connectivity index (χ4v) is 2.40. The number of allylic oxidation sites excluding steroid dienone is 1. The van der Waals surface area contributed by atoms with Gasteiger partial charge in [-0.1, -0.05) is 18.0 Å². The van der Waals surface area contributed by atoms with Crippen LogP contribution in [-0.4, -0.2) is 15.5 Å². The second kappa shape index (κ2) is 11.1. The molecule has 0 bridgehead atoms. The van der Waals surface area contributed by atoms with Gasteiger partial charge in [-0.3, -0.25) is 0 Å². The summed E-state index contributed by atoms with van der Waals surface area (Å²) in [4.78, 5) is 10.0. The fraction of sp³-hybridized carbons (Fsp3) is 0.667. The molecule has 0 saturated heterocycles. The summed E-state index contributed by atoms with van der Waals surface area (Å²) in [6, 6.07) is 1.22. The van der Waals surface area contributed by atoms with E-state index in [0.717, 1.165) is 12.8 Å². The molecule has 2 nitrogen and oxygen atoms in total. The molecule has 0 rings (SSSR count). The van der Waals surface area contributed by atoms with Crippen molar-refractivity contribution in [3.8, 4) is 0 Å². The maximum absolute atomic E-state index is 10.0. The van der Waals surface area contributed by atoms with Gasteiger partial charge in [-0.15, -0.1) is 5.70 Å². The average Bonchev–Trinajstić information content (AvgIpc) is 1.95. The van der Waals surface area contributed by atoms with Crippen LogP contribution >= 0.6 is 0 Å². The molecule has 0 aliphatic heterocycles. The predicted octanol–water partition coefficient (Wildman–Crippen LogP) is -2.58. The Labute approximate surface area is 125 Å². The molecule has 0 aliphatic carbocycles. The van der Waals surface area contributed by atoms with Crippen LogP contribution in [0.1, 0.15) is 33.1 Å². The van der Waals surface area contributed by atoms with Gasteiger partial charge in [0.15, 0.2) is 0 Å². The number of carboxylic acids is 1. The number of hydrogen-bond acceptors (Lipinski definition) is 2. The second-order valence-electron chi connectivity index (χ2n) is 3.25. The van der Waals surface area contributed by atoms with E-state index in [0.29, 0.717) is 0 Å². The number of carboxylic acid groups (broad SMARTS) is 1. The molecule has 13 heavy (non-hydrogen) atoms. The molecule has 0 fully saturated rings. The first kappa shape index (κ1) is 16.5. The summed E-state index contributed by atoms with van der Waals surface area (Å²) < 4.78 is 0. The summed E-state index contributed by atoms with van der Waals surface area (Å²) >= 11 is 0. The molecule has 70 valence electrons. The molecular weight excluding hydrogens is 207 g/mol. The minimum atomic E-state index is -0.918. The van der Waals surface area contributed by atoms with E-state index in [-0.39, 0.29) is 67.3 Å². The molecule has 0 spiro atoms. The zero-order chi connectivity index (χ0) is 9.40. The zero-order valence-corrected chi connectivity index (χ0v) is 13.5. The minimum absolute atomic E-state index is 0. The Morgan fingerprint density at radius 3 is 2.46 bits per heavy atom. The van der Waals surface area contributed by atoms with Crippen molar-refractivity contribution >= 4 is 15.5 Å². The van der Waals surface area contributed by atoms with E-state index < -0.39 is 5.97 Å². The Kier molecular flexibility index (Phi) is 14.1. The van der Waals surface area contributed by atoms with Crippen LogP contribution in [0.3, 0.4) is 0 Å². The Hall–Kier alpha value is 1.06. The van der Waals surface area contributed by atoms with Gasteiger partial charge in [-0.05, 0) is 26.7 Å². The topological polar surface area (TPSA) is 40.1 Å². The van der Waals surface area contributed by atoms with Crippen molar-refractivity contribution < 1.29 is 61.3 Å². The van der Waals surface area contributed by atoms with Gasteiger partial charge in [0.05, 0.1) is 0 Å². The van der Waals surface area contributed by atoms with Crippen LogP contribution in [0.5, 0.6) is 0 Å². The molecule has 0 aromatic rings. The maximum Gasteiger partial charge on any atom is 1.00 e. The Morgan fingerprint density at radius 1 is 1.38 bits per heavy atom. The van der Waals surface area contributed by atoms with Crippen LogP contribution in [-0.2, 0) is 4.79 Å². The van der Waals surface area contributed by atoms with Gasteiger partial charge >= 0.3 is 51.4 Å². The number of carbonyl (C=O) groups excluding carboxylic acids is 1. The third kappa shape index (κ3) is 15.8. The van der Waals surface area contributed by atoms with Crippen molar-refractivity contribution in [2.45, 2.75) is 39.2 Å². The molecule has 0 N–H and O–H groups in total. The third-order valence-corrected chi connectivity index (χ3v) is 3.65. The van der Waals surface area contributed by atoms with Crippen LogP contribution in [0.2, 0.25) is 6.04 Å². The molecule has 0 amide bonds.